The topological polar surface area (TPSA) is 92.8 Å². The molecule has 1 aliphatic rings. The highest BCUT2D eigenvalue weighted by atomic mass is 35.5. The Balaban J connectivity index is 2.10. The normalized spacial score (nSPS) is 20.2. The van der Waals surface area contributed by atoms with Crippen molar-refractivity contribution in [2.24, 2.45) is 5.41 Å². The minimum Gasteiger partial charge on any atom is -0.478 e. The number of piperidine rings is 1. The lowest BCUT2D eigenvalue weighted by Crippen LogP contribution is -2.57. The van der Waals surface area contributed by atoms with Gasteiger partial charge in [-0.3, -0.25) is 14.3 Å². The van der Waals surface area contributed by atoms with Gasteiger partial charge in [0.05, 0.1) is 11.2 Å². The molecule has 162 valence electrons. The standard InChI is InChI=1S/C20H29ClN2O5S/c1-5-13-29(26,27)22-17(24)20(4)11-6-12-23(14-20)18(25)19(2,3)28-16-9-7-15(21)8-10-16/h7-10H,5-6,11-14H2,1-4H3,(H,22,24). The lowest BCUT2D eigenvalue weighted by molar-refractivity contribution is -0.151. The number of nitrogens with zero attached hydrogens (tertiary/aromatic N) is 1. The Morgan fingerprint density at radius 2 is 1.90 bits per heavy atom. The van der Waals surface area contributed by atoms with Crippen LogP contribution in [0.1, 0.15) is 47.0 Å². The predicted octanol–water partition coefficient (Wildman–Crippen LogP) is 2.98. The summed E-state index contributed by atoms with van der Waals surface area (Å²) < 4.78 is 32.0. The van der Waals surface area contributed by atoms with Crippen molar-refractivity contribution in [1.29, 1.82) is 0 Å². The number of carbonyl (C=O) groups excluding carboxylic acids is 2. The van der Waals surface area contributed by atoms with E-state index in [1.54, 1.807) is 56.9 Å². The van der Waals surface area contributed by atoms with Crippen molar-refractivity contribution in [1.82, 2.24) is 9.62 Å². The summed E-state index contributed by atoms with van der Waals surface area (Å²) in [4.78, 5) is 27.4. The molecule has 1 heterocycles. The molecular formula is C20H29ClN2O5S. The fraction of sp³-hybridized carbons (Fsp3) is 0.600. The van der Waals surface area contributed by atoms with Gasteiger partial charge < -0.3 is 9.64 Å². The molecule has 0 aromatic heterocycles. The number of amides is 2. The zero-order valence-electron chi connectivity index (χ0n) is 17.3. The molecule has 2 rings (SSSR count). The monoisotopic (exact) mass is 444 g/mol. The van der Waals surface area contributed by atoms with Crippen LogP contribution >= 0.6 is 11.6 Å². The number of hydrogen-bond acceptors (Lipinski definition) is 5. The van der Waals surface area contributed by atoms with Gasteiger partial charge >= 0.3 is 0 Å². The first-order valence-corrected chi connectivity index (χ1v) is 11.7. The molecule has 0 bridgehead atoms. The van der Waals surface area contributed by atoms with Crippen LogP contribution in [0, 0.1) is 5.41 Å². The van der Waals surface area contributed by atoms with Crippen molar-refractivity contribution < 1.29 is 22.7 Å². The van der Waals surface area contributed by atoms with Crippen LogP contribution in [-0.4, -0.2) is 49.6 Å². The first kappa shape index (κ1) is 23.5. The van der Waals surface area contributed by atoms with E-state index in [1.165, 1.54) is 0 Å². The third-order valence-corrected chi connectivity index (χ3v) is 6.65. The number of ether oxygens (including phenoxy) is 1. The van der Waals surface area contributed by atoms with Gasteiger partial charge in [0.25, 0.3) is 5.91 Å². The molecule has 1 N–H and O–H groups in total. The molecule has 29 heavy (non-hydrogen) atoms. The third-order valence-electron chi connectivity index (χ3n) is 4.95. The molecule has 1 saturated heterocycles. The van der Waals surface area contributed by atoms with Crippen LogP contribution < -0.4 is 9.46 Å². The van der Waals surface area contributed by atoms with Gasteiger partial charge in [-0.2, -0.15) is 0 Å². The number of likely N-dealkylation sites (tertiary alicyclic amines) is 1. The summed E-state index contributed by atoms with van der Waals surface area (Å²) in [6, 6.07) is 6.72. The fourth-order valence-electron chi connectivity index (χ4n) is 3.40. The predicted molar refractivity (Wildman–Crippen MR) is 112 cm³/mol. The van der Waals surface area contributed by atoms with E-state index >= 15 is 0 Å². The Bertz CT molecular complexity index is 854. The van der Waals surface area contributed by atoms with Crippen LogP contribution in [0.25, 0.3) is 0 Å². The number of carbonyl (C=O) groups is 2. The molecule has 1 aromatic rings. The van der Waals surface area contributed by atoms with Crippen LogP contribution in [0.5, 0.6) is 5.75 Å². The van der Waals surface area contributed by atoms with E-state index in [-0.39, 0.29) is 18.2 Å². The van der Waals surface area contributed by atoms with E-state index in [4.69, 9.17) is 16.3 Å². The number of benzene rings is 1. The summed E-state index contributed by atoms with van der Waals surface area (Å²) >= 11 is 5.88. The van der Waals surface area contributed by atoms with E-state index in [9.17, 15) is 18.0 Å². The zero-order chi connectivity index (χ0) is 21.9. The molecule has 1 atom stereocenters. The second kappa shape index (κ2) is 8.92. The summed E-state index contributed by atoms with van der Waals surface area (Å²) in [5.41, 5.74) is -2.14. The third kappa shape index (κ3) is 6.09. The van der Waals surface area contributed by atoms with Crippen molar-refractivity contribution in [2.45, 2.75) is 52.6 Å². The molecule has 0 spiro atoms. The summed E-state index contributed by atoms with van der Waals surface area (Å²) in [6.07, 6.45) is 1.52. The highest BCUT2D eigenvalue weighted by Crippen LogP contribution is 2.32. The Kier molecular flexibility index (Phi) is 7.22. The Hall–Kier alpha value is -1.80. The molecule has 1 aromatic carbocycles. The second-order valence-corrected chi connectivity index (χ2v) is 10.5. The zero-order valence-corrected chi connectivity index (χ0v) is 18.9. The van der Waals surface area contributed by atoms with Crippen molar-refractivity contribution in [2.75, 3.05) is 18.8 Å². The minimum atomic E-state index is -3.67. The van der Waals surface area contributed by atoms with Crippen LogP contribution in [0.15, 0.2) is 24.3 Å². The van der Waals surface area contributed by atoms with Gasteiger partial charge in [-0.05, 0) is 64.3 Å². The number of nitrogens with one attached hydrogen (secondary N) is 1. The molecule has 1 aliphatic heterocycles. The number of halogens is 1. The fourth-order valence-corrected chi connectivity index (χ4v) is 4.70. The maximum atomic E-state index is 13.1. The lowest BCUT2D eigenvalue weighted by atomic mass is 9.81. The lowest BCUT2D eigenvalue weighted by Gasteiger charge is -2.41. The van der Waals surface area contributed by atoms with Gasteiger partial charge in [0.1, 0.15) is 5.75 Å². The van der Waals surface area contributed by atoms with Gasteiger partial charge in [0, 0.05) is 18.1 Å². The van der Waals surface area contributed by atoms with Crippen molar-refractivity contribution >= 4 is 33.4 Å². The summed E-state index contributed by atoms with van der Waals surface area (Å²) in [6.45, 7) is 7.37. The largest absolute Gasteiger partial charge is 0.478 e. The van der Waals surface area contributed by atoms with Gasteiger partial charge in [-0.25, -0.2) is 8.42 Å². The molecule has 2 amide bonds. The van der Waals surface area contributed by atoms with Gasteiger partial charge in [-0.15, -0.1) is 0 Å². The molecule has 1 fully saturated rings. The second-order valence-electron chi connectivity index (χ2n) is 8.21. The van der Waals surface area contributed by atoms with Crippen LogP contribution in [0.3, 0.4) is 0 Å². The molecule has 0 aliphatic carbocycles. The van der Waals surface area contributed by atoms with E-state index in [2.05, 4.69) is 4.72 Å². The smallest absolute Gasteiger partial charge is 0.266 e. The number of rotatable bonds is 7. The van der Waals surface area contributed by atoms with E-state index in [0.717, 1.165) is 0 Å². The van der Waals surface area contributed by atoms with Crippen LogP contribution in [0.4, 0.5) is 0 Å². The Labute approximate surface area is 177 Å². The average molecular weight is 445 g/mol. The van der Waals surface area contributed by atoms with Crippen LogP contribution in [-0.2, 0) is 19.6 Å². The molecule has 0 radical (unpaired) electrons. The van der Waals surface area contributed by atoms with E-state index < -0.39 is 26.9 Å². The van der Waals surface area contributed by atoms with Crippen LogP contribution in [0.2, 0.25) is 5.02 Å². The molecule has 9 heteroatoms. The molecule has 0 saturated carbocycles. The minimum absolute atomic E-state index is 0.112. The first-order chi connectivity index (χ1) is 13.4. The van der Waals surface area contributed by atoms with Gasteiger partial charge in [0.15, 0.2) is 5.60 Å². The average Bonchev–Trinajstić information content (AvgIpc) is 2.62. The maximum absolute atomic E-state index is 13.1. The molecule has 1 unspecified atom stereocenters. The van der Waals surface area contributed by atoms with Gasteiger partial charge in [0.2, 0.25) is 15.9 Å². The van der Waals surface area contributed by atoms with E-state index in [0.29, 0.717) is 36.6 Å². The highest BCUT2D eigenvalue weighted by molar-refractivity contribution is 7.90. The SMILES string of the molecule is CCCS(=O)(=O)NC(=O)C1(C)CCCN(C(=O)C(C)(C)Oc2ccc(Cl)cc2)C1. The summed E-state index contributed by atoms with van der Waals surface area (Å²) in [7, 11) is -3.67. The molecular weight excluding hydrogens is 416 g/mol. The Morgan fingerprint density at radius 1 is 1.28 bits per heavy atom. The van der Waals surface area contributed by atoms with E-state index in [1.807, 2.05) is 0 Å². The van der Waals surface area contributed by atoms with Crippen molar-refractivity contribution in [3.63, 3.8) is 0 Å². The summed E-state index contributed by atoms with van der Waals surface area (Å²) in [5, 5.41) is 0.567. The quantitative estimate of drug-likeness (QED) is 0.697. The Morgan fingerprint density at radius 3 is 2.48 bits per heavy atom. The maximum Gasteiger partial charge on any atom is 0.266 e. The van der Waals surface area contributed by atoms with Crippen molar-refractivity contribution in [3.05, 3.63) is 29.3 Å². The number of sulfonamides is 1. The summed E-state index contributed by atoms with van der Waals surface area (Å²) in [5.74, 6) is -0.433. The van der Waals surface area contributed by atoms with Crippen molar-refractivity contribution in [3.8, 4) is 5.75 Å². The highest BCUT2D eigenvalue weighted by Gasteiger charge is 2.44. The molecule has 7 nitrogen and oxygen atoms in total. The first-order valence-electron chi connectivity index (χ1n) is 9.67. The number of hydrogen-bond donors (Lipinski definition) is 1. The van der Waals surface area contributed by atoms with Gasteiger partial charge in [-0.1, -0.05) is 18.5 Å².